The van der Waals surface area contributed by atoms with Gasteiger partial charge in [0.15, 0.2) is 0 Å². The van der Waals surface area contributed by atoms with Crippen LogP contribution in [0.15, 0.2) is 0 Å². The molecular weight excluding hydrogens is 232 g/mol. The maximum Gasteiger partial charge on any atom is 0.315 e. The highest BCUT2D eigenvalue weighted by Crippen LogP contribution is 2.06. The van der Waals surface area contributed by atoms with E-state index in [0.717, 1.165) is 32.1 Å². The molecule has 3 N–H and O–H groups in total. The molecule has 0 saturated heterocycles. The van der Waals surface area contributed by atoms with E-state index in [-0.39, 0.29) is 24.5 Å². The number of carboxylic acids is 1. The van der Waals surface area contributed by atoms with Crippen LogP contribution in [-0.4, -0.2) is 29.2 Å². The van der Waals surface area contributed by atoms with Gasteiger partial charge in [0.2, 0.25) is 0 Å². The average molecular weight is 258 g/mol. The molecule has 2 atom stereocenters. The number of nitrogens with one attached hydrogen (secondary N) is 2. The fourth-order valence-electron chi connectivity index (χ4n) is 1.85. The first-order chi connectivity index (χ1) is 8.49. The predicted molar refractivity (Wildman–Crippen MR) is 71.6 cm³/mol. The first-order valence-electron chi connectivity index (χ1n) is 6.78. The Morgan fingerprint density at radius 3 is 2.28 bits per heavy atom. The van der Waals surface area contributed by atoms with Crippen molar-refractivity contribution in [1.29, 1.82) is 0 Å². The third-order valence-corrected chi connectivity index (χ3v) is 2.74. The van der Waals surface area contributed by atoms with Gasteiger partial charge in [0.1, 0.15) is 0 Å². The number of urea groups is 1. The van der Waals surface area contributed by atoms with Gasteiger partial charge >= 0.3 is 12.0 Å². The molecule has 0 aliphatic heterocycles. The third kappa shape index (κ3) is 8.84. The Bertz CT molecular complexity index is 257. The highest BCUT2D eigenvalue weighted by molar-refractivity contribution is 5.75. The predicted octanol–water partition coefficient (Wildman–Crippen LogP) is 2.51. The van der Waals surface area contributed by atoms with Gasteiger partial charge in [0.25, 0.3) is 0 Å². The highest BCUT2D eigenvalue weighted by atomic mass is 16.4. The Kier molecular flexibility index (Phi) is 9.06. The minimum atomic E-state index is -0.904. The van der Waals surface area contributed by atoms with Gasteiger partial charge < -0.3 is 15.7 Å². The van der Waals surface area contributed by atoms with Crippen LogP contribution < -0.4 is 10.6 Å². The molecule has 0 fully saturated rings. The molecule has 5 nitrogen and oxygen atoms in total. The summed E-state index contributed by atoms with van der Waals surface area (Å²) < 4.78 is 0. The Morgan fingerprint density at radius 1 is 1.11 bits per heavy atom. The number of rotatable bonds is 9. The Balaban J connectivity index is 4.03. The van der Waals surface area contributed by atoms with Crippen LogP contribution in [0.4, 0.5) is 4.79 Å². The fourth-order valence-corrected chi connectivity index (χ4v) is 1.85. The van der Waals surface area contributed by atoms with Crippen LogP contribution in [0, 0.1) is 0 Å². The second-order valence-corrected chi connectivity index (χ2v) is 4.74. The van der Waals surface area contributed by atoms with Crippen LogP contribution in [0.1, 0.15) is 59.3 Å². The molecule has 0 aromatic heterocycles. The van der Waals surface area contributed by atoms with Crippen molar-refractivity contribution in [2.45, 2.75) is 71.4 Å². The topological polar surface area (TPSA) is 78.4 Å². The van der Waals surface area contributed by atoms with Gasteiger partial charge in [-0.25, -0.2) is 4.79 Å². The van der Waals surface area contributed by atoms with Gasteiger partial charge in [-0.05, 0) is 19.8 Å². The van der Waals surface area contributed by atoms with Crippen molar-refractivity contribution in [3.05, 3.63) is 0 Å². The summed E-state index contributed by atoms with van der Waals surface area (Å²) in [5.41, 5.74) is 0. The molecule has 0 aliphatic rings. The third-order valence-electron chi connectivity index (χ3n) is 2.74. The van der Waals surface area contributed by atoms with E-state index in [2.05, 4.69) is 24.5 Å². The summed E-state index contributed by atoms with van der Waals surface area (Å²) >= 11 is 0. The number of hydrogen-bond acceptors (Lipinski definition) is 2. The van der Waals surface area contributed by atoms with E-state index in [4.69, 9.17) is 5.11 Å². The molecule has 18 heavy (non-hydrogen) atoms. The molecule has 2 amide bonds. The van der Waals surface area contributed by atoms with Crippen LogP contribution >= 0.6 is 0 Å². The van der Waals surface area contributed by atoms with Crippen LogP contribution in [-0.2, 0) is 4.79 Å². The van der Waals surface area contributed by atoms with Crippen molar-refractivity contribution in [1.82, 2.24) is 10.6 Å². The molecule has 0 spiro atoms. The van der Waals surface area contributed by atoms with Gasteiger partial charge in [0, 0.05) is 12.1 Å². The first kappa shape index (κ1) is 16.7. The van der Waals surface area contributed by atoms with Gasteiger partial charge in [-0.15, -0.1) is 0 Å². The molecule has 106 valence electrons. The van der Waals surface area contributed by atoms with Crippen molar-refractivity contribution < 1.29 is 14.7 Å². The number of carbonyl (C=O) groups excluding carboxylic acids is 1. The molecule has 0 aromatic rings. The van der Waals surface area contributed by atoms with E-state index < -0.39 is 5.97 Å². The summed E-state index contributed by atoms with van der Waals surface area (Å²) in [4.78, 5) is 22.2. The largest absolute Gasteiger partial charge is 0.481 e. The lowest BCUT2D eigenvalue weighted by atomic mass is 10.1. The molecule has 0 saturated carbocycles. The van der Waals surface area contributed by atoms with Gasteiger partial charge in [-0.2, -0.15) is 0 Å². The summed E-state index contributed by atoms with van der Waals surface area (Å²) in [6.07, 6.45) is 5.11. The van der Waals surface area contributed by atoms with Gasteiger partial charge in [-0.1, -0.05) is 33.1 Å². The van der Waals surface area contributed by atoms with Crippen LogP contribution in [0.2, 0.25) is 0 Å². The number of carboxylic acid groups (broad SMARTS) is 1. The van der Waals surface area contributed by atoms with Crippen LogP contribution in [0.25, 0.3) is 0 Å². The van der Waals surface area contributed by atoms with E-state index in [1.807, 2.05) is 0 Å². The fraction of sp³-hybridized carbons (Fsp3) is 0.846. The van der Waals surface area contributed by atoms with Crippen molar-refractivity contribution in [3.8, 4) is 0 Å². The summed E-state index contributed by atoms with van der Waals surface area (Å²) in [5.74, 6) is -0.904. The van der Waals surface area contributed by atoms with E-state index >= 15 is 0 Å². The van der Waals surface area contributed by atoms with E-state index in [1.54, 1.807) is 6.92 Å². The molecule has 0 aromatic carbocycles. The zero-order chi connectivity index (χ0) is 14.0. The average Bonchev–Trinajstić information content (AvgIpc) is 2.24. The molecule has 5 heteroatoms. The number of unbranched alkanes of at least 4 members (excludes halogenated alkanes) is 1. The summed E-state index contributed by atoms with van der Waals surface area (Å²) in [6.45, 7) is 5.90. The molecular formula is C13H26N2O3. The van der Waals surface area contributed by atoms with Crippen molar-refractivity contribution in [3.63, 3.8) is 0 Å². The molecule has 0 bridgehead atoms. The monoisotopic (exact) mass is 258 g/mol. The number of amides is 2. The second-order valence-electron chi connectivity index (χ2n) is 4.74. The second kappa shape index (κ2) is 9.74. The molecule has 0 heterocycles. The Morgan fingerprint density at radius 2 is 1.78 bits per heavy atom. The maximum absolute atomic E-state index is 11.7. The van der Waals surface area contributed by atoms with Crippen molar-refractivity contribution in [2.75, 3.05) is 0 Å². The van der Waals surface area contributed by atoms with Crippen LogP contribution in [0.5, 0.6) is 0 Å². The Labute approximate surface area is 109 Å². The zero-order valence-corrected chi connectivity index (χ0v) is 11.7. The van der Waals surface area contributed by atoms with Crippen molar-refractivity contribution in [2.24, 2.45) is 0 Å². The lowest BCUT2D eigenvalue weighted by Gasteiger charge is -2.20. The number of hydrogen-bond donors (Lipinski definition) is 3. The van der Waals surface area contributed by atoms with Gasteiger partial charge in [-0.3, -0.25) is 4.79 Å². The van der Waals surface area contributed by atoms with E-state index in [9.17, 15) is 9.59 Å². The Hall–Kier alpha value is -1.26. The molecule has 2 unspecified atom stereocenters. The maximum atomic E-state index is 11.7. The lowest BCUT2D eigenvalue weighted by Crippen LogP contribution is -2.45. The van der Waals surface area contributed by atoms with E-state index in [0.29, 0.717) is 0 Å². The molecule has 0 aliphatic carbocycles. The first-order valence-corrected chi connectivity index (χ1v) is 6.78. The van der Waals surface area contributed by atoms with Crippen molar-refractivity contribution >= 4 is 12.0 Å². The quantitative estimate of drug-likeness (QED) is 0.594. The number of carbonyl (C=O) groups is 2. The van der Waals surface area contributed by atoms with E-state index in [1.165, 1.54) is 0 Å². The molecule has 0 rings (SSSR count). The smallest absolute Gasteiger partial charge is 0.315 e. The highest BCUT2D eigenvalue weighted by Gasteiger charge is 2.14. The number of aliphatic carboxylic acids is 1. The summed E-state index contributed by atoms with van der Waals surface area (Å²) in [6, 6.07) is -0.429. The lowest BCUT2D eigenvalue weighted by molar-refractivity contribution is -0.137. The minimum Gasteiger partial charge on any atom is -0.481 e. The normalized spacial score (nSPS) is 13.7. The standard InChI is InChI=1S/C13H26N2O3/c1-4-6-8-11(7-5-2)15-13(18)14-10(3)9-12(16)17/h10-11H,4-9H2,1-3H3,(H,16,17)(H2,14,15,18). The minimum absolute atomic E-state index is 0.0547. The zero-order valence-electron chi connectivity index (χ0n) is 11.7. The van der Waals surface area contributed by atoms with Gasteiger partial charge in [0.05, 0.1) is 6.42 Å². The molecule has 0 radical (unpaired) electrons. The SMILES string of the molecule is CCCCC(CCC)NC(=O)NC(C)CC(=O)O. The van der Waals surface area contributed by atoms with Crippen LogP contribution in [0.3, 0.4) is 0 Å². The summed E-state index contributed by atoms with van der Waals surface area (Å²) in [7, 11) is 0. The summed E-state index contributed by atoms with van der Waals surface area (Å²) in [5, 5.41) is 14.2.